The van der Waals surface area contributed by atoms with Gasteiger partial charge < -0.3 is 38.8 Å². The lowest BCUT2D eigenvalue weighted by Gasteiger charge is -2.50. The first-order valence-electron chi connectivity index (χ1n) is 37.2. The molecule has 4 heterocycles. The van der Waals surface area contributed by atoms with Gasteiger partial charge in [0.2, 0.25) is 0 Å². The maximum absolute atomic E-state index is 15.6. The van der Waals surface area contributed by atoms with Gasteiger partial charge >= 0.3 is 23.3 Å². The number of benzene rings is 6. The summed E-state index contributed by atoms with van der Waals surface area (Å²) < 4.78 is 57.3. The molecule has 2 N–H and O–H groups in total. The average molecular weight is 1450 g/mol. The quantitative estimate of drug-likeness (QED) is 0.0157. The van der Waals surface area contributed by atoms with Crippen LogP contribution in [0.4, 0.5) is 11.6 Å². The van der Waals surface area contributed by atoms with Gasteiger partial charge in [-0.25, -0.2) is 14.3 Å². The van der Waals surface area contributed by atoms with E-state index in [1.54, 1.807) is 60.7 Å². The Morgan fingerprint density at radius 1 is 0.524 bits per heavy atom. The Labute approximate surface area is 616 Å². The first-order chi connectivity index (χ1) is 51.1. The molecule has 2 aliphatic rings. The monoisotopic (exact) mass is 1450 g/mol. The van der Waals surface area contributed by atoms with E-state index in [2.05, 4.69) is 68.8 Å². The zero-order valence-corrected chi connectivity index (χ0v) is 61.9. The van der Waals surface area contributed by atoms with E-state index in [1.807, 2.05) is 80.6 Å². The van der Waals surface area contributed by atoms with Crippen molar-refractivity contribution in [3.05, 3.63) is 254 Å². The second-order valence-electron chi connectivity index (χ2n) is 27.3. The van der Waals surface area contributed by atoms with Crippen molar-refractivity contribution in [2.24, 2.45) is 0 Å². The standard InChI is InChI=1S/C83H101N8O13P/c1-5-6-7-8-9-10-11-12-13-14-15-16-17-18-19-35-52-99-72-54-64(53-62(2)63(72)3)59-100-77(92)46-47-78(93)101-60-71-56-89(58-76(104-71)91-51-49-74(87-82(91)97)85-80(95)66-38-27-21-28-39-66)105(4,98)102-61-70-55-88(57-75(103-70)90-50-48-73(86-81(90)96)84-79(94)65-36-25-20-26-37-65)83(67-40-29-22-30-41-67,68-42-31-23-32-43-68)69-44-33-24-34-45-69/h20-34,36-45,48-51,53-54,70-71,75-76H,5-19,35,46-47,52,55-61H2,1-4H3,(H,84,86,94,96)(H,85,87,95,97). The molecule has 556 valence electrons. The molecule has 8 aromatic rings. The van der Waals surface area contributed by atoms with Crippen molar-refractivity contribution in [3.8, 4) is 5.75 Å². The molecule has 0 radical (unpaired) electrons. The summed E-state index contributed by atoms with van der Waals surface area (Å²) in [5, 5.41) is 5.39. The predicted octanol–water partition coefficient (Wildman–Crippen LogP) is 15.6. The molecule has 10 rings (SSSR count). The summed E-state index contributed by atoms with van der Waals surface area (Å²) in [7, 11) is -3.99. The molecule has 2 amide bonds. The second-order valence-corrected chi connectivity index (χ2v) is 29.7. The van der Waals surface area contributed by atoms with E-state index in [1.165, 1.54) is 135 Å². The number of esters is 2. The molecule has 2 fully saturated rings. The van der Waals surface area contributed by atoms with E-state index in [-0.39, 0.29) is 70.5 Å². The SMILES string of the molecule is CCCCCCCCCCCCCCCCCCOc1cc(COC(=O)CCC(=O)OCC2CN(P(C)(=O)OCC3CN(C(c4ccccc4)(c4ccccc4)c4ccccc4)CC(n4ccc(NC(=O)c5ccccc5)nc4=O)O3)CC(n3ccc(NC(=O)c4ccccc4)nc3=O)O2)cc(C)c1C. The first-order valence-corrected chi connectivity index (χ1v) is 39.3. The van der Waals surface area contributed by atoms with Gasteiger partial charge in [0, 0.05) is 49.8 Å². The van der Waals surface area contributed by atoms with Gasteiger partial charge in [-0.05, 0) is 96.1 Å². The third-order valence-electron chi connectivity index (χ3n) is 19.5. The first kappa shape index (κ1) is 78.4. The minimum Gasteiger partial charge on any atom is -0.493 e. The Morgan fingerprint density at radius 2 is 0.952 bits per heavy atom. The molecule has 2 saturated heterocycles. The van der Waals surface area contributed by atoms with Gasteiger partial charge in [-0.15, -0.1) is 0 Å². The fourth-order valence-electron chi connectivity index (χ4n) is 13.7. The van der Waals surface area contributed by atoms with Crippen LogP contribution in [0, 0.1) is 13.8 Å². The zero-order chi connectivity index (χ0) is 73.8. The van der Waals surface area contributed by atoms with Crippen LogP contribution in [-0.2, 0) is 49.8 Å². The maximum atomic E-state index is 15.6. The highest BCUT2D eigenvalue weighted by molar-refractivity contribution is 7.55. The summed E-state index contributed by atoms with van der Waals surface area (Å²) >= 11 is 0. The highest BCUT2D eigenvalue weighted by Gasteiger charge is 2.48. The summed E-state index contributed by atoms with van der Waals surface area (Å²) in [5.74, 6) is -1.48. The van der Waals surface area contributed by atoms with Crippen LogP contribution < -0.4 is 26.7 Å². The van der Waals surface area contributed by atoms with Crippen LogP contribution in [0.1, 0.15) is 189 Å². The molecule has 105 heavy (non-hydrogen) atoms. The summed E-state index contributed by atoms with van der Waals surface area (Å²) in [6, 6.07) is 53.9. The van der Waals surface area contributed by atoms with Crippen molar-refractivity contribution in [3.63, 3.8) is 0 Å². The van der Waals surface area contributed by atoms with Crippen molar-refractivity contribution in [2.45, 2.75) is 173 Å². The molecule has 2 aliphatic heterocycles. The fourth-order valence-corrected chi connectivity index (χ4v) is 15.2. The molecule has 0 aliphatic carbocycles. The number of morpholine rings is 2. The normalized spacial score (nSPS) is 16.9. The third kappa shape index (κ3) is 22.4. The minimum absolute atomic E-state index is 0.0178. The van der Waals surface area contributed by atoms with Gasteiger partial charge in [-0.1, -0.05) is 237 Å². The Morgan fingerprint density at radius 3 is 1.42 bits per heavy atom. The van der Waals surface area contributed by atoms with Crippen LogP contribution in [0.15, 0.2) is 198 Å². The number of nitrogens with one attached hydrogen (secondary N) is 2. The number of hydrogen-bond acceptors (Lipinski definition) is 16. The Bertz CT molecular complexity index is 4150. The van der Waals surface area contributed by atoms with Gasteiger partial charge in [0.25, 0.3) is 19.3 Å². The number of hydrogen-bond donors (Lipinski definition) is 2. The number of ether oxygens (including phenoxy) is 5. The molecule has 5 unspecified atom stereocenters. The number of unbranched alkanes of at least 4 members (excludes halogenated alkanes) is 15. The van der Waals surface area contributed by atoms with Gasteiger partial charge in [0.1, 0.15) is 36.7 Å². The van der Waals surface area contributed by atoms with Gasteiger partial charge in [0.05, 0.1) is 44.2 Å². The lowest BCUT2D eigenvalue weighted by Crippen LogP contribution is -2.58. The number of anilines is 2. The molecular formula is C83H101N8O13P. The predicted molar refractivity (Wildman–Crippen MR) is 406 cm³/mol. The molecule has 2 aromatic heterocycles. The van der Waals surface area contributed by atoms with Crippen molar-refractivity contribution in [2.75, 3.05) is 63.3 Å². The molecule has 6 aromatic carbocycles. The van der Waals surface area contributed by atoms with Gasteiger partial charge in [-0.3, -0.25) is 37.8 Å². The van der Waals surface area contributed by atoms with Crippen molar-refractivity contribution >= 4 is 42.9 Å². The molecule has 21 nitrogen and oxygen atoms in total. The Hall–Kier alpha value is -9.21. The van der Waals surface area contributed by atoms with Crippen molar-refractivity contribution in [1.29, 1.82) is 0 Å². The fraction of sp³-hybridized carbons (Fsp3) is 0.422. The van der Waals surface area contributed by atoms with Crippen LogP contribution in [0.2, 0.25) is 0 Å². The molecule has 0 spiro atoms. The van der Waals surface area contributed by atoms with Crippen LogP contribution in [-0.4, -0.2) is 117 Å². The summed E-state index contributed by atoms with van der Waals surface area (Å²) in [4.78, 5) is 92.2. The summed E-state index contributed by atoms with van der Waals surface area (Å²) in [6.07, 6.45) is 19.0. The van der Waals surface area contributed by atoms with Crippen LogP contribution in [0.5, 0.6) is 5.75 Å². The van der Waals surface area contributed by atoms with Crippen LogP contribution in [0.3, 0.4) is 0 Å². The summed E-state index contributed by atoms with van der Waals surface area (Å²) in [6.45, 7) is 7.66. The van der Waals surface area contributed by atoms with Crippen LogP contribution in [0.25, 0.3) is 0 Å². The Kier molecular flexibility index (Phi) is 29.7. The van der Waals surface area contributed by atoms with E-state index in [9.17, 15) is 28.8 Å². The average Bonchev–Trinajstić information content (AvgIpc) is 0.730. The number of rotatable bonds is 39. The second kappa shape index (κ2) is 39.8. The van der Waals surface area contributed by atoms with E-state index in [0.29, 0.717) is 17.7 Å². The van der Waals surface area contributed by atoms with E-state index in [0.717, 1.165) is 52.0 Å². The highest BCUT2D eigenvalue weighted by Crippen LogP contribution is 2.51. The van der Waals surface area contributed by atoms with Gasteiger partial charge in [-0.2, -0.15) is 9.97 Å². The van der Waals surface area contributed by atoms with E-state index >= 15 is 4.57 Å². The largest absolute Gasteiger partial charge is 0.493 e. The Balaban J connectivity index is 0.797. The molecule has 5 atom stereocenters. The lowest BCUT2D eigenvalue weighted by atomic mass is 9.75. The molecule has 0 bridgehead atoms. The number of carbonyl (C=O) groups is 4. The molecule has 22 heteroatoms. The minimum atomic E-state index is -3.99. The number of amides is 2. The number of nitrogens with zero attached hydrogens (tertiary/aromatic N) is 6. The van der Waals surface area contributed by atoms with Crippen molar-refractivity contribution in [1.82, 2.24) is 28.7 Å². The third-order valence-corrected chi connectivity index (χ3v) is 21.5. The topological polar surface area (TPSA) is 241 Å². The summed E-state index contributed by atoms with van der Waals surface area (Å²) in [5.41, 5.74) is 3.75. The lowest BCUT2D eigenvalue weighted by molar-refractivity contribution is -0.162. The van der Waals surface area contributed by atoms with Crippen LogP contribution >= 0.6 is 7.52 Å². The maximum Gasteiger partial charge on any atom is 0.351 e. The number of aryl methyl sites for hydroxylation is 1. The number of carbonyl (C=O) groups excluding carboxylic acids is 4. The van der Waals surface area contributed by atoms with E-state index < -0.39 is 72.9 Å². The molecular weight excluding hydrogens is 1350 g/mol. The zero-order valence-electron chi connectivity index (χ0n) is 61.0. The van der Waals surface area contributed by atoms with Crippen molar-refractivity contribution < 1.29 is 52.0 Å². The van der Waals surface area contributed by atoms with E-state index in [4.69, 9.17) is 28.2 Å². The van der Waals surface area contributed by atoms with Gasteiger partial charge in [0.15, 0.2) is 12.5 Å². The smallest absolute Gasteiger partial charge is 0.351 e. The number of aromatic nitrogens is 4. The molecule has 0 saturated carbocycles. The highest BCUT2D eigenvalue weighted by atomic mass is 31.2.